The van der Waals surface area contributed by atoms with Gasteiger partial charge in [-0.25, -0.2) is 15.0 Å². The van der Waals surface area contributed by atoms with E-state index in [0.717, 1.165) is 42.3 Å². The number of allylic oxidation sites excluding steroid dienone is 1. The van der Waals surface area contributed by atoms with Crippen molar-refractivity contribution in [3.05, 3.63) is 42.1 Å². The molecular weight excluding hydrogens is 474 g/mol. The molecule has 10 heteroatoms. The Morgan fingerprint density at radius 2 is 1.92 bits per heavy atom. The van der Waals surface area contributed by atoms with E-state index in [1.807, 2.05) is 37.3 Å². The van der Waals surface area contributed by atoms with Gasteiger partial charge in [0.15, 0.2) is 11.0 Å². The summed E-state index contributed by atoms with van der Waals surface area (Å²) in [6, 6.07) is 9.47. The Bertz CT molecular complexity index is 1100. The highest BCUT2D eigenvalue weighted by Crippen LogP contribution is 2.34. The second-order valence-corrected chi connectivity index (χ2v) is 10.4. The van der Waals surface area contributed by atoms with Gasteiger partial charge in [-0.15, -0.1) is 0 Å². The number of ether oxygens (including phenoxy) is 1. The van der Waals surface area contributed by atoms with E-state index in [2.05, 4.69) is 34.0 Å². The van der Waals surface area contributed by atoms with Crippen LogP contribution in [-0.4, -0.2) is 47.5 Å². The molecule has 0 spiro atoms. The van der Waals surface area contributed by atoms with Crippen molar-refractivity contribution in [2.75, 3.05) is 30.4 Å². The molecule has 1 amide bonds. The second-order valence-electron chi connectivity index (χ2n) is 9.39. The van der Waals surface area contributed by atoms with Crippen LogP contribution in [0.5, 0.6) is 0 Å². The van der Waals surface area contributed by atoms with Gasteiger partial charge in [0.05, 0.1) is 5.60 Å². The molecule has 36 heavy (non-hydrogen) atoms. The van der Waals surface area contributed by atoms with Crippen molar-refractivity contribution >= 4 is 40.8 Å². The summed E-state index contributed by atoms with van der Waals surface area (Å²) in [5.74, 6) is 2.03. The standard InChI is InChI=1S/C26H37N7O2S/c1-6-24(34)29-19-7-9-20(10-8-19)36-25-31-22(30-21(28)15-17(2)27)16-23(32-25)33-13-11-18(12-14-33)26(3,4)35-5/h7-10,15-16,18H,6,11-14,27H2,1-5H3,(H,29,34)(H2,28,30,31,32)/b17-15-. The van der Waals surface area contributed by atoms with Gasteiger partial charge < -0.3 is 26.4 Å². The molecule has 5 N–H and O–H groups in total. The van der Waals surface area contributed by atoms with Gasteiger partial charge in [-0.05, 0) is 81.6 Å². The van der Waals surface area contributed by atoms with Crippen LogP contribution in [0.25, 0.3) is 0 Å². The number of amidine groups is 1. The molecule has 194 valence electrons. The maximum absolute atomic E-state index is 11.6. The average molecular weight is 512 g/mol. The first-order chi connectivity index (χ1) is 17.1. The predicted molar refractivity (Wildman–Crippen MR) is 147 cm³/mol. The predicted octanol–water partition coefficient (Wildman–Crippen LogP) is 4.47. The second kappa shape index (κ2) is 12.2. The Labute approximate surface area is 217 Å². The highest BCUT2D eigenvalue weighted by molar-refractivity contribution is 7.99. The third kappa shape index (κ3) is 7.69. The van der Waals surface area contributed by atoms with Crippen LogP contribution in [0.3, 0.4) is 0 Å². The monoisotopic (exact) mass is 511 g/mol. The summed E-state index contributed by atoms with van der Waals surface area (Å²) in [6.45, 7) is 9.60. The van der Waals surface area contributed by atoms with E-state index in [9.17, 15) is 4.79 Å². The smallest absolute Gasteiger partial charge is 0.224 e. The number of benzene rings is 1. The number of rotatable bonds is 9. The Balaban J connectivity index is 1.85. The lowest BCUT2D eigenvalue weighted by Gasteiger charge is -2.40. The molecule has 1 fully saturated rings. The third-order valence-corrected chi connectivity index (χ3v) is 7.17. The van der Waals surface area contributed by atoms with Crippen LogP contribution in [0.15, 0.2) is 57.1 Å². The Kier molecular flexibility index (Phi) is 9.33. The lowest BCUT2D eigenvalue weighted by Crippen LogP contribution is -2.43. The Morgan fingerprint density at radius 1 is 1.25 bits per heavy atom. The van der Waals surface area contributed by atoms with E-state index in [1.54, 1.807) is 20.1 Å². The largest absolute Gasteiger partial charge is 0.402 e. The summed E-state index contributed by atoms with van der Waals surface area (Å²) >= 11 is 1.43. The maximum atomic E-state index is 11.6. The van der Waals surface area contributed by atoms with Crippen LogP contribution >= 0.6 is 11.8 Å². The summed E-state index contributed by atoms with van der Waals surface area (Å²) in [5, 5.41) is 3.42. The molecule has 0 unspecified atom stereocenters. The number of aromatic nitrogens is 2. The minimum Gasteiger partial charge on any atom is -0.402 e. The normalized spacial score (nSPS) is 15.8. The van der Waals surface area contributed by atoms with E-state index < -0.39 is 0 Å². The summed E-state index contributed by atoms with van der Waals surface area (Å²) in [6.07, 6.45) is 4.06. The number of hydrogen-bond acceptors (Lipinski definition) is 8. The molecule has 3 rings (SSSR count). The van der Waals surface area contributed by atoms with Gasteiger partial charge in [-0.2, -0.15) is 0 Å². The van der Waals surface area contributed by atoms with E-state index in [4.69, 9.17) is 21.2 Å². The quantitative estimate of drug-likeness (QED) is 0.255. The Hall–Kier alpha value is -3.11. The fourth-order valence-electron chi connectivity index (χ4n) is 4.00. The SMILES string of the molecule is CCC(=O)Nc1ccc(Sc2nc(/N=C(N)/C=C(/C)N)cc(N3CCC(C(C)(C)OC)CC3)n2)cc1. The zero-order valence-electron chi connectivity index (χ0n) is 21.7. The fraction of sp³-hybridized carbons (Fsp3) is 0.462. The number of piperidine rings is 1. The minimum atomic E-state index is -0.155. The van der Waals surface area contributed by atoms with E-state index in [-0.39, 0.29) is 17.3 Å². The molecule has 1 aromatic carbocycles. The lowest BCUT2D eigenvalue weighted by atomic mass is 9.83. The first-order valence-corrected chi connectivity index (χ1v) is 13.0. The summed E-state index contributed by atoms with van der Waals surface area (Å²) in [7, 11) is 1.77. The van der Waals surface area contributed by atoms with Crippen LogP contribution in [0.1, 0.15) is 47.0 Å². The van der Waals surface area contributed by atoms with Crippen molar-refractivity contribution in [2.45, 2.75) is 62.6 Å². The lowest BCUT2D eigenvalue weighted by molar-refractivity contribution is -0.115. The summed E-state index contributed by atoms with van der Waals surface area (Å²) in [4.78, 5) is 28.8. The topological polar surface area (TPSA) is 132 Å². The van der Waals surface area contributed by atoms with Crippen LogP contribution in [0.2, 0.25) is 0 Å². The summed E-state index contributed by atoms with van der Waals surface area (Å²) < 4.78 is 5.72. The first-order valence-electron chi connectivity index (χ1n) is 12.1. The van der Waals surface area contributed by atoms with Crippen molar-refractivity contribution in [2.24, 2.45) is 22.4 Å². The molecule has 0 bridgehead atoms. The Morgan fingerprint density at radius 3 is 2.50 bits per heavy atom. The van der Waals surface area contributed by atoms with Gasteiger partial charge in [0.25, 0.3) is 0 Å². The van der Waals surface area contributed by atoms with Gasteiger partial charge in [0.2, 0.25) is 5.91 Å². The van der Waals surface area contributed by atoms with Crippen LogP contribution in [0.4, 0.5) is 17.3 Å². The molecule has 0 aliphatic carbocycles. The van der Waals surface area contributed by atoms with E-state index in [1.165, 1.54) is 11.8 Å². The molecular formula is C26H37N7O2S. The van der Waals surface area contributed by atoms with Crippen LogP contribution in [0, 0.1) is 5.92 Å². The fourth-order valence-corrected chi connectivity index (χ4v) is 4.76. The zero-order chi connectivity index (χ0) is 26.3. The number of aliphatic imine (C=N–C) groups is 1. The number of anilines is 2. The van der Waals surface area contributed by atoms with Crippen molar-refractivity contribution in [3.8, 4) is 0 Å². The highest BCUT2D eigenvalue weighted by atomic mass is 32.2. The average Bonchev–Trinajstić information content (AvgIpc) is 2.84. The van der Waals surface area contributed by atoms with Crippen molar-refractivity contribution in [1.29, 1.82) is 0 Å². The molecule has 9 nitrogen and oxygen atoms in total. The number of nitrogens with one attached hydrogen (secondary N) is 1. The number of carbonyl (C=O) groups is 1. The first kappa shape index (κ1) is 27.5. The number of amides is 1. The number of methoxy groups -OCH3 is 1. The minimum absolute atomic E-state index is 0.0223. The van der Waals surface area contributed by atoms with Gasteiger partial charge in [-0.3, -0.25) is 4.79 Å². The summed E-state index contributed by atoms with van der Waals surface area (Å²) in [5.41, 5.74) is 13.0. The molecule has 1 aromatic heterocycles. The number of nitrogens with two attached hydrogens (primary N) is 2. The molecule has 1 aliphatic heterocycles. The highest BCUT2D eigenvalue weighted by Gasteiger charge is 2.33. The molecule has 1 aliphatic rings. The van der Waals surface area contributed by atoms with Crippen LogP contribution < -0.4 is 21.7 Å². The molecule has 0 radical (unpaired) electrons. The van der Waals surface area contributed by atoms with Crippen molar-refractivity contribution in [1.82, 2.24) is 9.97 Å². The number of carbonyl (C=O) groups excluding carboxylic acids is 1. The number of hydrogen-bond donors (Lipinski definition) is 3. The molecule has 0 atom stereocenters. The van der Waals surface area contributed by atoms with Gasteiger partial charge >= 0.3 is 0 Å². The zero-order valence-corrected chi connectivity index (χ0v) is 22.6. The maximum Gasteiger partial charge on any atom is 0.224 e. The molecule has 2 heterocycles. The van der Waals surface area contributed by atoms with Crippen LogP contribution in [-0.2, 0) is 9.53 Å². The van der Waals surface area contributed by atoms with E-state index >= 15 is 0 Å². The van der Waals surface area contributed by atoms with Gasteiger partial charge in [0, 0.05) is 49.0 Å². The molecule has 1 saturated heterocycles. The molecule has 2 aromatic rings. The van der Waals surface area contributed by atoms with E-state index in [0.29, 0.717) is 29.0 Å². The van der Waals surface area contributed by atoms with Gasteiger partial charge in [-0.1, -0.05) is 6.92 Å². The third-order valence-electron chi connectivity index (χ3n) is 6.29. The molecule has 0 saturated carbocycles. The van der Waals surface area contributed by atoms with Gasteiger partial charge in [0.1, 0.15) is 11.7 Å². The van der Waals surface area contributed by atoms with Crippen molar-refractivity contribution < 1.29 is 9.53 Å². The van der Waals surface area contributed by atoms with Crippen molar-refractivity contribution in [3.63, 3.8) is 0 Å². The number of nitrogens with zero attached hydrogens (tertiary/aromatic N) is 4.